The van der Waals surface area contributed by atoms with Crippen LogP contribution in [-0.2, 0) is 6.18 Å². The molecule has 0 aliphatic carbocycles. The van der Waals surface area contributed by atoms with E-state index in [1.54, 1.807) is 18.3 Å². The minimum atomic E-state index is -4.46. The first kappa shape index (κ1) is 18.5. The zero-order chi connectivity index (χ0) is 20.4. The van der Waals surface area contributed by atoms with Crippen LogP contribution in [0.4, 0.5) is 36.3 Å². The van der Waals surface area contributed by atoms with E-state index in [0.29, 0.717) is 17.3 Å². The van der Waals surface area contributed by atoms with E-state index >= 15 is 0 Å². The van der Waals surface area contributed by atoms with Gasteiger partial charge in [0.2, 0.25) is 0 Å². The highest BCUT2D eigenvalue weighted by Crippen LogP contribution is 2.32. The molecule has 4 aromatic rings. The summed E-state index contributed by atoms with van der Waals surface area (Å²) in [6.45, 7) is 0. The average Bonchev–Trinajstić information content (AvgIpc) is 3.14. The number of hydrogen-bond donors (Lipinski definition) is 3. The highest BCUT2D eigenvalue weighted by Gasteiger charge is 2.30. The third-order valence-electron chi connectivity index (χ3n) is 4.03. The van der Waals surface area contributed by atoms with Crippen molar-refractivity contribution in [3.8, 4) is 5.75 Å². The lowest BCUT2D eigenvalue weighted by Crippen LogP contribution is -2.06. The van der Waals surface area contributed by atoms with Crippen molar-refractivity contribution in [2.45, 2.75) is 6.18 Å². The average molecular weight is 401 g/mol. The molecule has 0 unspecified atom stereocenters. The maximum absolute atomic E-state index is 12.9. The van der Waals surface area contributed by atoms with E-state index in [1.165, 1.54) is 13.4 Å². The molecule has 0 radical (unpaired) electrons. The van der Waals surface area contributed by atoms with Gasteiger partial charge in [-0.25, -0.2) is 15.0 Å². The second kappa shape index (κ2) is 7.26. The number of halogens is 3. The van der Waals surface area contributed by atoms with Gasteiger partial charge in [-0.2, -0.15) is 18.3 Å². The zero-order valence-corrected chi connectivity index (χ0v) is 14.9. The molecule has 0 fully saturated rings. The Morgan fingerprint density at radius 1 is 0.966 bits per heavy atom. The molecule has 0 aliphatic rings. The number of nitrogens with one attached hydrogen (secondary N) is 3. The molecule has 0 spiro atoms. The maximum Gasteiger partial charge on any atom is 0.416 e. The second-order valence-electron chi connectivity index (χ2n) is 5.98. The van der Waals surface area contributed by atoms with Gasteiger partial charge in [0.25, 0.3) is 0 Å². The molecule has 148 valence electrons. The summed E-state index contributed by atoms with van der Waals surface area (Å²) >= 11 is 0. The second-order valence-corrected chi connectivity index (χ2v) is 5.98. The van der Waals surface area contributed by atoms with Crippen molar-refractivity contribution < 1.29 is 17.9 Å². The predicted octanol–water partition coefficient (Wildman–Crippen LogP) is 4.26. The summed E-state index contributed by atoms with van der Waals surface area (Å²) in [6, 6.07) is 6.97. The SMILES string of the molecule is COc1cc2[nH]ncc2cc1Nc1cc(Nc2cc(C(F)(F)F)ccn2)ncn1. The molecule has 0 saturated heterocycles. The number of fused-ring (bicyclic) bond motifs is 1. The number of alkyl halides is 3. The fourth-order valence-corrected chi connectivity index (χ4v) is 2.68. The molecule has 0 aliphatic heterocycles. The van der Waals surface area contributed by atoms with Crippen LogP contribution in [0.15, 0.2) is 49.1 Å². The summed E-state index contributed by atoms with van der Waals surface area (Å²) in [4.78, 5) is 12.1. The van der Waals surface area contributed by atoms with Crippen LogP contribution in [0.1, 0.15) is 5.56 Å². The molecular formula is C18H14F3N7O. The number of nitrogens with zero attached hydrogens (tertiary/aromatic N) is 4. The number of hydrogen-bond acceptors (Lipinski definition) is 7. The first-order chi connectivity index (χ1) is 13.9. The van der Waals surface area contributed by atoms with Crippen LogP contribution >= 0.6 is 0 Å². The van der Waals surface area contributed by atoms with E-state index in [4.69, 9.17) is 4.74 Å². The number of aromatic amines is 1. The molecule has 0 amide bonds. The molecule has 3 aromatic heterocycles. The van der Waals surface area contributed by atoms with Gasteiger partial charge in [-0.05, 0) is 18.2 Å². The Hall–Kier alpha value is -3.89. The van der Waals surface area contributed by atoms with Crippen LogP contribution in [0.25, 0.3) is 10.9 Å². The number of anilines is 4. The van der Waals surface area contributed by atoms with Crippen LogP contribution in [0.2, 0.25) is 0 Å². The Morgan fingerprint density at radius 3 is 2.48 bits per heavy atom. The third-order valence-corrected chi connectivity index (χ3v) is 4.03. The van der Waals surface area contributed by atoms with Crippen molar-refractivity contribution in [1.29, 1.82) is 0 Å². The van der Waals surface area contributed by atoms with Crippen molar-refractivity contribution in [1.82, 2.24) is 25.1 Å². The first-order valence-corrected chi connectivity index (χ1v) is 8.33. The zero-order valence-electron chi connectivity index (χ0n) is 14.9. The lowest BCUT2D eigenvalue weighted by molar-refractivity contribution is -0.137. The first-order valence-electron chi connectivity index (χ1n) is 8.33. The minimum absolute atomic E-state index is 0.0156. The highest BCUT2D eigenvalue weighted by atomic mass is 19.4. The number of H-pyrrole nitrogens is 1. The molecule has 3 N–H and O–H groups in total. The van der Waals surface area contributed by atoms with Crippen molar-refractivity contribution in [2.24, 2.45) is 0 Å². The molecule has 1 aromatic carbocycles. The maximum atomic E-state index is 12.9. The summed E-state index contributed by atoms with van der Waals surface area (Å²) in [6.07, 6.45) is -0.427. The molecular weight excluding hydrogens is 387 g/mol. The summed E-state index contributed by atoms with van der Waals surface area (Å²) in [5.41, 5.74) is 0.650. The van der Waals surface area contributed by atoms with Gasteiger partial charge in [0.15, 0.2) is 0 Å². The van der Waals surface area contributed by atoms with Gasteiger partial charge in [-0.1, -0.05) is 0 Å². The van der Waals surface area contributed by atoms with E-state index in [9.17, 15) is 13.2 Å². The van der Waals surface area contributed by atoms with Gasteiger partial charge >= 0.3 is 6.18 Å². The van der Waals surface area contributed by atoms with Crippen molar-refractivity contribution in [2.75, 3.05) is 17.7 Å². The van der Waals surface area contributed by atoms with Crippen LogP contribution in [0.3, 0.4) is 0 Å². The minimum Gasteiger partial charge on any atom is -0.494 e. The molecule has 29 heavy (non-hydrogen) atoms. The van der Waals surface area contributed by atoms with E-state index in [0.717, 1.165) is 29.2 Å². The Labute approximate surface area is 162 Å². The van der Waals surface area contributed by atoms with Crippen LogP contribution in [-0.4, -0.2) is 32.3 Å². The topological polar surface area (TPSA) is 101 Å². The van der Waals surface area contributed by atoms with Gasteiger partial charge in [0.1, 0.15) is 29.5 Å². The van der Waals surface area contributed by atoms with Gasteiger partial charge < -0.3 is 15.4 Å². The Morgan fingerprint density at radius 2 is 1.72 bits per heavy atom. The molecule has 8 nitrogen and oxygen atoms in total. The monoisotopic (exact) mass is 401 g/mol. The van der Waals surface area contributed by atoms with Crippen LogP contribution in [0.5, 0.6) is 5.75 Å². The van der Waals surface area contributed by atoms with E-state index in [2.05, 4.69) is 35.8 Å². The number of pyridine rings is 1. The van der Waals surface area contributed by atoms with Crippen LogP contribution in [0, 0.1) is 0 Å². The van der Waals surface area contributed by atoms with E-state index in [-0.39, 0.29) is 11.6 Å². The molecule has 11 heteroatoms. The highest BCUT2D eigenvalue weighted by molar-refractivity contribution is 5.86. The summed E-state index contributed by atoms with van der Waals surface area (Å²) in [7, 11) is 1.54. The summed E-state index contributed by atoms with van der Waals surface area (Å²) in [5, 5.41) is 13.6. The lowest BCUT2D eigenvalue weighted by Gasteiger charge is -2.12. The third kappa shape index (κ3) is 4.03. The Kier molecular flexibility index (Phi) is 4.63. The largest absolute Gasteiger partial charge is 0.494 e. The number of benzene rings is 1. The standard InChI is InChI=1S/C18H14F3N7O/c1-29-14-6-12-10(8-25-28-12)4-13(14)26-16-7-17(24-9-23-16)27-15-5-11(2-3-22-15)18(19,20)21/h2-9H,1H3,(H,25,28)(H2,22,23,24,26,27). The van der Waals surface area contributed by atoms with Crippen molar-refractivity contribution in [3.05, 3.63) is 54.6 Å². The normalized spacial score (nSPS) is 11.4. The smallest absolute Gasteiger partial charge is 0.416 e. The van der Waals surface area contributed by atoms with Gasteiger partial charge in [0.05, 0.1) is 30.1 Å². The van der Waals surface area contributed by atoms with Gasteiger partial charge in [0, 0.05) is 23.7 Å². The molecule has 3 heterocycles. The summed E-state index contributed by atoms with van der Waals surface area (Å²) < 4.78 is 44.0. The fourth-order valence-electron chi connectivity index (χ4n) is 2.68. The quantitative estimate of drug-likeness (QED) is 0.459. The van der Waals surface area contributed by atoms with Crippen molar-refractivity contribution >= 4 is 34.0 Å². The number of ether oxygens (including phenoxy) is 1. The molecule has 0 atom stereocenters. The summed E-state index contributed by atoms with van der Waals surface area (Å²) in [5.74, 6) is 1.27. The van der Waals surface area contributed by atoms with Gasteiger partial charge in [-0.3, -0.25) is 5.10 Å². The predicted molar refractivity (Wildman–Crippen MR) is 100 cm³/mol. The van der Waals surface area contributed by atoms with Gasteiger partial charge in [-0.15, -0.1) is 0 Å². The number of aromatic nitrogens is 5. The number of rotatable bonds is 5. The van der Waals surface area contributed by atoms with Crippen LogP contribution < -0.4 is 15.4 Å². The molecule has 4 rings (SSSR count). The lowest BCUT2D eigenvalue weighted by atomic mass is 10.2. The van der Waals surface area contributed by atoms with E-state index in [1.807, 2.05) is 6.07 Å². The van der Waals surface area contributed by atoms with E-state index < -0.39 is 11.7 Å². The fraction of sp³-hybridized carbons (Fsp3) is 0.111. The van der Waals surface area contributed by atoms with Crippen molar-refractivity contribution in [3.63, 3.8) is 0 Å². The number of methoxy groups -OCH3 is 1. The Balaban J connectivity index is 1.58. The Bertz CT molecular complexity index is 1160. The molecule has 0 saturated carbocycles. The molecule has 0 bridgehead atoms.